The molecular weight excluding hydrogens is 524 g/mol. The predicted molar refractivity (Wildman–Crippen MR) is 167 cm³/mol. The fraction of sp³-hybridized carbons (Fsp3) is 0.0571. The minimum Gasteiger partial charge on any atom is -0.437 e. The van der Waals surface area contributed by atoms with Crippen molar-refractivity contribution in [3.63, 3.8) is 0 Å². The van der Waals surface area contributed by atoms with Gasteiger partial charge >= 0.3 is 0 Å². The lowest BCUT2D eigenvalue weighted by Gasteiger charge is -2.18. The van der Waals surface area contributed by atoms with Gasteiger partial charge in [-0.2, -0.15) is 0 Å². The number of carbonyl (C=O) groups excluding carboxylic acids is 1. The van der Waals surface area contributed by atoms with Crippen LogP contribution in [0.1, 0.15) is 17.2 Å². The van der Waals surface area contributed by atoms with Crippen LogP contribution in [0.5, 0.6) is 0 Å². The molecule has 0 aliphatic heterocycles. The van der Waals surface area contributed by atoms with Gasteiger partial charge in [-0.25, -0.2) is 9.97 Å². The standard InChI is InChI=1S/C35H28N4O3/c40-22-29(25-13-6-2-7-14-25)39-34-32-31(33(26-15-8-3-9-16-26)42-35(32)37-23-36-34)27-17-10-18-28(21-27)38-30(41)20-19-24-11-4-1-5-12-24/h1-21,23,29,40H,22H2,(H,38,41)(H,36,37,39)/b20-19+/t29-/m1/s1. The lowest BCUT2D eigenvalue weighted by Crippen LogP contribution is -2.15. The van der Waals surface area contributed by atoms with Crippen LogP contribution in [0.15, 0.2) is 132 Å². The fourth-order valence-corrected chi connectivity index (χ4v) is 4.87. The van der Waals surface area contributed by atoms with Crippen molar-refractivity contribution >= 4 is 34.6 Å². The van der Waals surface area contributed by atoms with Crippen LogP contribution >= 0.6 is 0 Å². The van der Waals surface area contributed by atoms with E-state index < -0.39 is 6.04 Å². The first kappa shape index (κ1) is 26.7. The Morgan fingerprint density at radius 2 is 1.52 bits per heavy atom. The number of nitrogens with one attached hydrogen (secondary N) is 2. The van der Waals surface area contributed by atoms with E-state index in [1.807, 2.05) is 115 Å². The Labute approximate surface area is 243 Å². The highest BCUT2D eigenvalue weighted by molar-refractivity contribution is 6.07. The van der Waals surface area contributed by atoms with Crippen molar-refractivity contribution in [3.8, 4) is 22.5 Å². The summed E-state index contributed by atoms with van der Waals surface area (Å²) < 4.78 is 6.36. The maximum Gasteiger partial charge on any atom is 0.248 e. The molecule has 0 saturated heterocycles. The number of amides is 1. The zero-order chi connectivity index (χ0) is 28.7. The number of hydrogen-bond donors (Lipinski definition) is 3. The summed E-state index contributed by atoms with van der Waals surface area (Å²) in [6, 6.07) is 36.4. The number of anilines is 2. The topological polar surface area (TPSA) is 100 Å². The Balaban J connectivity index is 1.42. The number of rotatable bonds is 9. The molecule has 0 spiro atoms. The molecule has 1 atom stereocenters. The SMILES string of the molecule is O=C(/C=C/c1ccccc1)Nc1cccc(-c2c(-c3ccccc3)oc3ncnc(N[C@H](CO)c4ccccc4)c23)c1. The van der Waals surface area contributed by atoms with Gasteiger partial charge in [-0.1, -0.05) is 103 Å². The van der Waals surface area contributed by atoms with Gasteiger partial charge < -0.3 is 20.2 Å². The highest BCUT2D eigenvalue weighted by Gasteiger charge is 2.24. The van der Waals surface area contributed by atoms with E-state index in [-0.39, 0.29) is 12.5 Å². The van der Waals surface area contributed by atoms with E-state index in [9.17, 15) is 9.90 Å². The molecule has 0 bridgehead atoms. The minimum atomic E-state index is -0.394. The van der Waals surface area contributed by atoms with Gasteiger partial charge in [0.05, 0.1) is 18.0 Å². The molecule has 42 heavy (non-hydrogen) atoms. The van der Waals surface area contributed by atoms with Crippen LogP contribution in [0.3, 0.4) is 0 Å². The number of carbonyl (C=O) groups is 1. The lowest BCUT2D eigenvalue weighted by atomic mass is 9.98. The molecule has 2 heterocycles. The first-order valence-corrected chi connectivity index (χ1v) is 13.6. The second-order valence-corrected chi connectivity index (χ2v) is 9.68. The van der Waals surface area contributed by atoms with E-state index in [0.29, 0.717) is 28.4 Å². The smallest absolute Gasteiger partial charge is 0.248 e. The number of benzene rings is 4. The van der Waals surface area contributed by atoms with Crippen molar-refractivity contribution in [3.05, 3.63) is 139 Å². The van der Waals surface area contributed by atoms with Crippen LogP contribution in [0.2, 0.25) is 0 Å². The third-order valence-electron chi connectivity index (χ3n) is 6.87. The Bertz CT molecular complexity index is 1830. The lowest BCUT2D eigenvalue weighted by molar-refractivity contribution is -0.111. The van der Waals surface area contributed by atoms with Crippen molar-refractivity contribution in [1.82, 2.24) is 9.97 Å². The molecule has 6 rings (SSSR count). The van der Waals surface area contributed by atoms with Gasteiger partial charge in [0, 0.05) is 22.9 Å². The van der Waals surface area contributed by atoms with Gasteiger partial charge in [0.1, 0.15) is 17.9 Å². The van der Waals surface area contributed by atoms with Gasteiger partial charge in [0.2, 0.25) is 11.6 Å². The average molecular weight is 553 g/mol. The van der Waals surface area contributed by atoms with E-state index in [0.717, 1.165) is 27.8 Å². The summed E-state index contributed by atoms with van der Waals surface area (Å²) in [6.07, 6.45) is 4.73. The quantitative estimate of drug-likeness (QED) is 0.162. The van der Waals surface area contributed by atoms with Crippen LogP contribution in [0, 0.1) is 0 Å². The minimum absolute atomic E-state index is 0.133. The zero-order valence-corrected chi connectivity index (χ0v) is 22.6. The molecule has 4 aromatic carbocycles. The van der Waals surface area contributed by atoms with Crippen LogP contribution in [0.25, 0.3) is 39.6 Å². The molecule has 0 radical (unpaired) electrons. The molecule has 206 valence electrons. The van der Waals surface area contributed by atoms with Crippen LogP contribution in [-0.4, -0.2) is 27.6 Å². The molecular formula is C35H28N4O3. The Morgan fingerprint density at radius 3 is 2.26 bits per heavy atom. The van der Waals surface area contributed by atoms with Crippen molar-refractivity contribution in [2.75, 3.05) is 17.2 Å². The largest absolute Gasteiger partial charge is 0.437 e. The maximum atomic E-state index is 12.8. The molecule has 6 aromatic rings. The highest BCUT2D eigenvalue weighted by Crippen LogP contribution is 2.43. The van der Waals surface area contributed by atoms with Crippen molar-refractivity contribution in [1.29, 1.82) is 0 Å². The van der Waals surface area contributed by atoms with Gasteiger partial charge in [-0.3, -0.25) is 4.79 Å². The number of furan rings is 1. The number of hydrogen-bond acceptors (Lipinski definition) is 6. The van der Waals surface area contributed by atoms with Gasteiger partial charge in [-0.15, -0.1) is 0 Å². The summed E-state index contributed by atoms with van der Waals surface area (Å²) in [5.41, 5.74) is 5.37. The van der Waals surface area contributed by atoms with Crippen LogP contribution in [0.4, 0.5) is 11.5 Å². The second-order valence-electron chi connectivity index (χ2n) is 9.68. The molecule has 0 saturated carbocycles. The van der Waals surface area contributed by atoms with E-state index in [4.69, 9.17) is 4.42 Å². The zero-order valence-electron chi connectivity index (χ0n) is 22.6. The summed E-state index contributed by atoms with van der Waals surface area (Å²) in [7, 11) is 0. The molecule has 0 aliphatic rings. The molecule has 0 aliphatic carbocycles. The summed E-state index contributed by atoms with van der Waals surface area (Å²) in [4.78, 5) is 21.8. The third-order valence-corrected chi connectivity index (χ3v) is 6.87. The van der Waals surface area contributed by atoms with Crippen molar-refractivity contribution in [2.45, 2.75) is 6.04 Å². The normalized spacial score (nSPS) is 11.9. The van der Waals surface area contributed by atoms with Crippen molar-refractivity contribution < 1.29 is 14.3 Å². The fourth-order valence-electron chi connectivity index (χ4n) is 4.87. The molecule has 7 heteroatoms. The molecule has 3 N–H and O–H groups in total. The number of fused-ring (bicyclic) bond motifs is 1. The first-order valence-electron chi connectivity index (χ1n) is 13.6. The van der Waals surface area contributed by atoms with E-state index >= 15 is 0 Å². The van der Waals surface area contributed by atoms with Crippen LogP contribution < -0.4 is 10.6 Å². The van der Waals surface area contributed by atoms with E-state index in [2.05, 4.69) is 20.6 Å². The number of aliphatic hydroxyl groups is 1. The Morgan fingerprint density at radius 1 is 0.833 bits per heavy atom. The van der Waals surface area contributed by atoms with Crippen molar-refractivity contribution in [2.24, 2.45) is 0 Å². The van der Waals surface area contributed by atoms with E-state index in [1.54, 1.807) is 6.08 Å². The average Bonchev–Trinajstić information content (AvgIpc) is 3.45. The summed E-state index contributed by atoms with van der Waals surface area (Å²) in [6.45, 7) is -0.133. The molecule has 7 nitrogen and oxygen atoms in total. The molecule has 2 aromatic heterocycles. The summed E-state index contributed by atoms with van der Waals surface area (Å²) >= 11 is 0. The number of nitrogens with zero attached hydrogens (tertiary/aromatic N) is 2. The van der Waals surface area contributed by atoms with Crippen LogP contribution in [-0.2, 0) is 4.79 Å². The number of aromatic nitrogens is 2. The monoisotopic (exact) mass is 552 g/mol. The van der Waals surface area contributed by atoms with Gasteiger partial charge in [0.15, 0.2) is 0 Å². The second kappa shape index (κ2) is 12.3. The Hall–Kier alpha value is -5.53. The van der Waals surface area contributed by atoms with E-state index in [1.165, 1.54) is 12.4 Å². The first-order chi connectivity index (χ1) is 20.7. The summed E-state index contributed by atoms with van der Waals surface area (Å²) in [5, 5.41) is 17.3. The summed E-state index contributed by atoms with van der Waals surface area (Å²) in [5.74, 6) is 0.918. The highest BCUT2D eigenvalue weighted by atomic mass is 16.3. The molecule has 1 amide bonds. The maximum absolute atomic E-state index is 12.8. The predicted octanol–water partition coefficient (Wildman–Crippen LogP) is 7.35. The van der Waals surface area contributed by atoms with Gasteiger partial charge in [-0.05, 0) is 34.9 Å². The molecule has 0 unspecified atom stereocenters. The third kappa shape index (κ3) is 5.82. The molecule has 0 fully saturated rings. The van der Waals surface area contributed by atoms with Gasteiger partial charge in [0.25, 0.3) is 0 Å². The number of aliphatic hydroxyl groups excluding tert-OH is 1. The Kier molecular flexibility index (Phi) is 7.83.